The zero-order valence-electron chi connectivity index (χ0n) is 11.8. The number of imidazole rings is 1. The van der Waals surface area contributed by atoms with Gasteiger partial charge in [0.05, 0.1) is 11.9 Å². The van der Waals surface area contributed by atoms with E-state index in [9.17, 15) is 0 Å². The van der Waals surface area contributed by atoms with Gasteiger partial charge in [0.15, 0.2) is 5.65 Å². The van der Waals surface area contributed by atoms with Gasteiger partial charge in [0.25, 0.3) is 0 Å². The third-order valence-electron chi connectivity index (χ3n) is 3.75. The van der Waals surface area contributed by atoms with Gasteiger partial charge in [-0.25, -0.2) is 14.5 Å². The molecule has 0 amide bonds. The summed E-state index contributed by atoms with van der Waals surface area (Å²) in [5.41, 5.74) is 2.39. The summed E-state index contributed by atoms with van der Waals surface area (Å²) in [6.45, 7) is 2.02. The van der Waals surface area contributed by atoms with Crippen LogP contribution in [0.15, 0.2) is 36.5 Å². The van der Waals surface area contributed by atoms with Crippen molar-refractivity contribution in [2.75, 3.05) is 18.4 Å². The van der Waals surface area contributed by atoms with Crippen molar-refractivity contribution >= 4 is 23.1 Å². The average Bonchev–Trinajstić information content (AvgIpc) is 3.16. The Kier molecular flexibility index (Phi) is 3.40. The molecule has 0 radical (unpaired) electrons. The summed E-state index contributed by atoms with van der Waals surface area (Å²) in [7, 11) is 0. The maximum Gasteiger partial charge on any atom is 0.154 e. The molecule has 0 spiro atoms. The van der Waals surface area contributed by atoms with Gasteiger partial charge in [0.2, 0.25) is 0 Å². The lowest BCUT2D eigenvalue weighted by atomic mass is 10.2. The lowest BCUT2D eigenvalue weighted by Gasteiger charge is -2.12. The number of pyridine rings is 1. The molecule has 7 heteroatoms. The van der Waals surface area contributed by atoms with Crippen LogP contribution in [0.4, 0.5) is 5.82 Å². The van der Waals surface area contributed by atoms with Crippen LogP contribution < -0.4 is 10.6 Å². The predicted octanol–water partition coefficient (Wildman–Crippen LogP) is 2.22. The molecular weight excluding hydrogens is 300 g/mol. The molecule has 1 aliphatic rings. The Morgan fingerprint density at radius 1 is 1.27 bits per heavy atom. The van der Waals surface area contributed by atoms with Crippen molar-refractivity contribution < 1.29 is 0 Å². The molecule has 3 aromatic rings. The van der Waals surface area contributed by atoms with Gasteiger partial charge < -0.3 is 10.6 Å². The number of nitrogens with one attached hydrogen (secondary N) is 2. The van der Waals surface area contributed by atoms with Crippen LogP contribution in [0.25, 0.3) is 17.0 Å². The van der Waals surface area contributed by atoms with Crippen LogP contribution in [0.1, 0.15) is 6.42 Å². The summed E-state index contributed by atoms with van der Waals surface area (Å²) < 4.78 is 1.71. The van der Waals surface area contributed by atoms with Gasteiger partial charge in [-0.2, -0.15) is 5.10 Å². The molecule has 3 aromatic heterocycles. The van der Waals surface area contributed by atoms with Crippen molar-refractivity contribution in [1.82, 2.24) is 24.9 Å². The van der Waals surface area contributed by atoms with Crippen LogP contribution in [0.2, 0.25) is 5.15 Å². The molecule has 1 atom stereocenters. The van der Waals surface area contributed by atoms with Crippen molar-refractivity contribution in [3.05, 3.63) is 41.7 Å². The summed E-state index contributed by atoms with van der Waals surface area (Å²) in [5, 5.41) is 11.5. The van der Waals surface area contributed by atoms with E-state index in [1.165, 1.54) is 0 Å². The molecule has 0 aromatic carbocycles. The molecule has 2 N–H and O–H groups in total. The Morgan fingerprint density at radius 2 is 2.23 bits per heavy atom. The molecular formula is C15H15ClN6. The van der Waals surface area contributed by atoms with Crippen molar-refractivity contribution in [3.8, 4) is 11.4 Å². The predicted molar refractivity (Wildman–Crippen MR) is 86.1 cm³/mol. The smallest absolute Gasteiger partial charge is 0.154 e. The summed E-state index contributed by atoms with van der Waals surface area (Å²) in [6, 6.07) is 9.90. The van der Waals surface area contributed by atoms with E-state index in [2.05, 4.69) is 25.7 Å². The van der Waals surface area contributed by atoms with E-state index < -0.39 is 0 Å². The van der Waals surface area contributed by atoms with Gasteiger partial charge in [-0.15, -0.1) is 0 Å². The SMILES string of the molecule is Clc1ccc2ncc(-c3cccc(NC4CCNC4)n3)n2n1. The highest BCUT2D eigenvalue weighted by Crippen LogP contribution is 2.21. The van der Waals surface area contributed by atoms with Crippen LogP contribution in [0, 0.1) is 0 Å². The molecule has 1 aliphatic heterocycles. The third kappa shape index (κ3) is 2.51. The first-order valence-corrected chi connectivity index (χ1v) is 7.62. The maximum atomic E-state index is 5.98. The highest BCUT2D eigenvalue weighted by molar-refractivity contribution is 6.29. The largest absolute Gasteiger partial charge is 0.366 e. The van der Waals surface area contributed by atoms with E-state index in [4.69, 9.17) is 11.6 Å². The standard InChI is InChI=1S/C15H15ClN6/c16-13-4-5-15-18-9-12(22(15)21-13)11-2-1-3-14(20-11)19-10-6-7-17-8-10/h1-5,9-10,17H,6-8H2,(H,19,20). The number of rotatable bonds is 3. The number of fused-ring (bicyclic) bond motifs is 1. The summed E-state index contributed by atoms with van der Waals surface area (Å²) >= 11 is 5.98. The summed E-state index contributed by atoms with van der Waals surface area (Å²) in [6.07, 6.45) is 2.88. The van der Waals surface area contributed by atoms with Gasteiger partial charge in [-0.3, -0.25) is 0 Å². The third-order valence-corrected chi connectivity index (χ3v) is 3.96. The fraction of sp³-hybridized carbons (Fsp3) is 0.267. The Balaban J connectivity index is 1.70. The second-order valence-electron chi connectivity index (χ2n) is 5.31. The first-order valence-electron chi connectivity index (χ1n) is 7.24. The van der Waals surface area contributed by atoms with Gasteiger partial charge in [-0.05, 0) is 37.2 Å². The average molecular weight is 315 g/mol. The second-order valence-corrected chi connectivity index (χ2v) is 5.70. The van der Waals surface area contributed by atoms with E-state index in [0.29, 0.717) is 11.2 Å². The van der Waals surface area contributed by atoms with Crippen LogP contribution in [0.5, 0.6) is 0 Å². The first-order chi connectivity index (χ1) is 10.8. The van der Waals surface area contributed by atoms with E-state index in [1.54, 1.807) is 16.8 Å². The number of aromatic nitrogens is 4. The van der Waals surface area contributed by atoms with E-state index in [-0.39, 0.29) is 0 Å². The molecule has 1 saturated heterocycles. The van der Waals surface area contributed by atoms with Gasteiger partial charge in [-0.1, -0.05) is 17.7 Å². The summed E-state index contributed by atoms with van der Waals surface area (Å²) in [4.78, 5) is 9.02. The monoisotopic (exact) mass is 314 g/mol. The normalized spacial score (nSPS) is 18.0. The number of hydrogen-bond donors (Lipinski definition) is 2. The van der Waals surface area contributed by atoms with Crippen molar-refractivity contribution in [1.29, 1.82) is 0 Å². The quantitative estimate of drug-likeness (QED) is 0.776. The minimum absolute atomic E-state index is 0.428. The van der Waals surface area contributed by atoms with Gasteiger partial charge >= 0.3 is 0 Å². The molecule has 22 heavy (non-hydrogen) atoms. The lowest BCUT2D eigenvalue weighted by molar-refractivity contribution is 0.788. The first kappa shape index (κ1) is 13.5. The molecule has 0 saturated carbocycles. The van der Waals surface area contributed by atoms with Gasteiger partial charge in [0.1, 0.15) is 16.7 Å². The minimum atomic E-state index is 0.428. The number of nitrogens with zero attached hydrogens (tertiary/aromatic N) is 4. The maximum absolute atomic E-state index is 5.98. The van der Waals surface area contributed by atoms with E-state index >= 15 is 0 Å². The van der Waals surface area contributed by atoms with E-state index in [1.807, 2.05) is 24.3 Å². The Hall–Kier alpha value is -2.18. The highest BCUT2D eigenvalue weighted by Gasteiger charge is 2.15. The fourth-order valence-corrected chi connectivity index (χ4v) is 2.81. The Labute approximate surface area is 132 Å². The van der Waals surface area contributed by atoms with Crippen LogP contribution in [-0.4, -0.2) is 38.7 Å². The second kappa shape index (κ2) is 5.55. The topological polar surface area (TPSA) is 67.1 Å². The van der Waals surface area contributed by atoms with Crippen molar-refractivity contribution in [2.45, 2.75) is 12.5 Å². The zero-order valence-corrected chi connectivity index (χ0v) is 12.6. The molecule has 1 unspecified atom stereocenters. The number of anilines is 1. The Bertz CT molecular complexity index is 809. The molecule has 0 aliphatic carbocycles. The fourth-order valence-electron chi connectivity index (χ4n) is 2.67. The molecule has 6 nitrogen and oxygen atoms in total. The molecule has 112 valence electrons. The Morgan fingerprint density at radius 3 is 3.09 bits per heavy atom. The van der Waals surface area contributed by atoms with E-state index in [0.717, 1.165) is 42.4 Å². The van der Waals surface area contributed by atoms with Crippen molar-refractivity contribution in [2.24, 2.45) is 0 Å². The molecule has 4 heterocycles. The summed E-state index contributed by atoms with van der Waals surface area (Å²) in [5.74, 6) is 0.864. The lowest BCUT2D eigenvalue weighted by Crippen LogP contribution is -2.22. The molecule has 0 bridgehead atoms. The number of halogens is 1. The van der Waals surface area contributed by atoms with Crippen LogP contribution >= 0.6 is 11.6 Å². The zero-order chi connectivity index (χ0) is 14.9. The number of hydrogen-bond acceptors (Lipinski definition) is 5. The molecule has 1 fully saturated rings. The van der Waals surface area contributed by atoms with Gasteiger partial charge in [0, 0.05) is 12.6 Å². The van der Waals surface area contributed by atoms with Crippen molar-refractivity contribution in [3.63, 3.8) is 0 Å². The van der Waals surface area contributed by atoms with Crippen LogP contribution in [0.3, 0.4) is 0 Å². The molecule has 4 rings (SSSR count). The van der Waals surface area contributed by atoms with Crippen LogP contribution in [-0.2, 0) is 0 Å². The minimum Gasteiger partial charge on any atom is -0.366 e. The highest BCUT2D eigenvalue weighted by atomic mass is 35.5.